The monoisotopic (exact) mass is 902 g/mol. The number of allylic oxidation sites excluding steroid dienone is 2. The topological polar surface area (TPSA) is 155 Å². The van der Waals surface area contributed by atoms with E-state index in [2.05, 4.69) is 26.0 Å². The van der Waals surface area contributed by atoms with E-state index < -0.39 is 45.1 Å². The van der Waals surface area contributed by atoms with Gasteiger partial charge in [-0.3, -0.25) is 18.6 Å². The third kappa shape index (κ3) is 46.7. The molecule has 0 aliphatic rings. The van der Waals surface area contributed by atoms with Crippen LogP contribution in [0.1, 0.15) is 264 Å². The Morgan fingerprint density at radius 1 is 0.500 bits per heavy atom. The van der Waals surface area contributed by atoms with E-state index in [1.807, 2.05) is 0 Å². The molecule has 0 saturated heterocycles. The number of hydrogen-bond donors (Lipinski definition) is 3. The Labute approximate surface area is 382 Å². The van der Waals surface area contributed by atoms with Gasteiger partial charge in [0.2, 0.25) is 0 Å². The van der Waals surface area contributed by atoms with Crippen LogP contribution in [0.25, 0.3) is 0 Å². The normalized spacial score (nSPS) is 13.7. The molecule has 0 saturated carbocycles. The van der Waals surface area contributed by atoms with Gasteiger partial charge >= 0.3 is 19.8 Å². The van der Waals surface area contributed by atoms with Crippen molar-refractivity contribution in [1.82, 2.24) is 0 Å². The van der Waals surface area contributed by atoms with Crippen LogP contribution in [0.5, 0.6) is 0 Å². The first-order valence-corrected chi connectivity index (χ1v) is 27.7. The number of esters is 1. The number of rotatable bonds is 51. The lowest BCUT2D eigenvalue weighted by Gasteiger charge is -2.20. The maximum absolute atomic E-state index is 12.7. The predicted octanol–water partition coefficient (Wildman–Crippen LogP) is 15.3. The van der Waals surface area contributed by atoms with Crippen LogP contribution in [-0.4, -0.2) is 60.5 Å². The molecule has 0 aliphatic heterocycles. The number of phosphoric acid groups is 1. The van der Waals surface area contributed by atoms with Crippen molar-refractivity contribution in [3.05, 3.63) is 12.2 Å². The maximum Gasteiger partial charge on any atom is 0.472 e. The van der Waals surface area contributed by atoms with Crippen LogP contribution >= 0.6 is 7.82 Å². The SMILES string of the molecule is CCCCCCCC/C=C\CCCCCCCCCCOCC(COP(=O)(O)OCC(N)C(=O)O)OC(=O)CCCCCCCCCCCCCCCCCCCCCCCC. The number of carboxylic acids is 1. The molecule has 3 unspecified atom stereocenters. The van der Waals surface area contributed by atoms with Crippen molar-refractivity contribution in [3.63, 3.8) is 0 Å². The largest absolute Gasteiger partial charge is 0.480 e. The molecular weight excluding hydrogens is 802 g/mol. The highest BCUT2D eigenvalue weighted by molar-refractivity contribution is 7.47. The van der Waals surface area contributed by atoms with Gasteiger partial charge in [0, 0.05) is 13.0 Å². The molecule has 0 bridgehead atoms. The van der Waals surface area contributed by atoms with Gasteiger partial charge in [-0.2, -0.15) is 0 Å². The summed E-state index contributed by atoms with van der Waals surface area (Å²) in [5.74, 6) is -1.76. The zero-order valence-corrected chi connectivity index (χ0v) is 41.4. The average Bonchev–Trinajstić information content (AvgIpc) is 3.25. The van der Waals surface area contributed by atoms with Crippen molar-refractivity contribution in [2.45, 2.75) is 276 Å². The third-order valence-corrected chi connectivity index (χ3v) is 12.7. The Morgan fingerprint density at radius 2 is 0.839 bits per heavy atom. The van der Waals surface area contributed by atoms with Gasteiger partial charge in [-0.15, -0.1) is 0 Å². The second-order valence-corrected chi connectivity index (χ2v) is 19.5. The van der Waals surface area contributed by atoms with Crippen molar-refractivity contribution < 1.29 is 42.7 Å². The van der Waals surface area contributed by atoms with E-state index in [9.17, 15) is 19.0 Å². The van der Waals surface area contributed by atoms with Crippen LogP contribution in [0.15, 0.2) is 12.2 Å². The number of hydrogen-bond acceptors (Lipinski definition) is 8. The first kappa shape index (κ1) is 60.7. The minimum atomic E-state index is -4.62. The number of carboxylic acid groups (broad SMARTS) is 1. The van der Waals surface area contributed by atoms with E-state index in [1.165, 1.54) is 205 Å². The fourth-order valence-corrected chi connectivity index (χ4v) is 8.50. The van der Waals surface area contributed by atoms with Crippen LogP contribution in [0, 0.1) is 0 Å². The van der Waals surface area contributed by atoms with Gasteiger partial charge in [-0.05, 0) is 38.5 Å². The number of carbonyl (C=O) groups excluding carboxylic acids is 1. The molecule has 0 heterocycles. The highest BCUT2D eigenvalue weighted by Crippen LogP contribution is 2.43. The number of ether oxygens (including phenoxy) is 2. The second-order valence-electron chi connectivity index (χ2n) is 18.0. The molecule has 0 spiro atoms. The number of carbonyl (C=O) groups is 2. The summed E-state index contributed by atoms with van der Waals surface area (Å²) < 4.78 is 33.5. The number of unbranched alkanes of at least 4 members (excludes halogenated alkanes) is 35. The van der Waals surface area contributed by atoms with Crippen LogP contribution in [0.4, 0.5) is 0 Å². The van der Waals surface area contributed by atoms with Gasteiger partial charge in [0.05, 0.1) is 19.8 Å². The van der Waals surface area contributed by atoms with Gasteiger partial charge in [0.25, 0.3) is 0 Å². The first-order chi connectivity index (χ1) is 30.2. The zero-order valence-electron chi connectivity index (χ0n) is 40.5. The molecule has 0 rings (SSSR count). The van der Waals surface area contributed by atoms with Crippen LogP contribution in [0.2, 0.25) is 0 Å². The molecule has 0 aromatic carbocycles. The Morgan fingerprint density at radius 3 is 1.23 bits per heavy atom. The highest BCUT2D eigenvalue weighted by atomic mass is 31.2. The molecule has 11 heteroatoms. The van der Waals surface area contributed by atoms with Crippen molar-refractivity contribution in [1.29, 1.82) is 0 Å². The predicted molar refractivity (Wildman–Crippen MR) is 259 cm³/mol. The zero-order chi connectivity index (χ0) is 45.5. The highest BCUT2D eigenvalue weighted by Gasteiger charge is 2.27. The van der Waals surface area contributed by atoms with E-state index in [0.29, 0.717) is 6.61 Å². The van der Waals surface area contributed by atoms with Gasteiger partial charge in [0.15, 0.2) is 0 Å². The molecule has 62 heavy (non-hydrogen) atoms. The minimum Gasteiger partial charge on any atom is -0.480 e. The van der Waals surface area contributed by atoms with E-state index >= 15 is 0 Å². The Bertz CT molecular complexity index is 1040. The van der Waals surface area contributed by atoms with E-state index in [1.54, 1.807) is 0 Å². The molecule has 0 amide bonds. The molecule has 0 radical (unpaired) electrons. The van der Waals surface area contributed by atoms with Gasteiger partial charge in [-0.1, -0.05) is 231 Å². The molecule has 3 atom stereocenters. The Balaban J connectivity index is 4.08. The van der Waals surface area contributed by atoms with Crippen molar-refractivity contribution in [3.8, 4) is 0 Å². The first-order valence-electron chi connectivity index (χ1n) is 26.2. The standard InChI is InChI=1S/C51H100NO9P/c1-3-5-7-9-11-13-15-17-19-21-23-24-25-26-27-29-31-33-35-37-39-41-43-50(53)61-48(46-59-62(56,57)60-47-49(52)51(54)55)45-58-44-42-40-38-36-34-32-30-28-22-20-18-16-14-12-10-8-6-4-2/h18,20,48-49H,3-17,19,21-47,52H2,1-2H3,(H,54,55)(H,56,57)/b20-18-. The third-order valence-electron chi connectivity index (χ3n) is 11.8. The molecule has 368 valence electrons. The number of nitrogens with two attached hydrogens (primary N) is 1. The van der Waals surface area contributed by atoms with Crippen LogP contribution < -0.4 is 5.73 Å². The average molecular weight is 902 g/mol. The Hall–Kier alpha value is -1.29. The molecule has 10 nitrogen and oxygen atoms in total. The summed E-state index contributed by atoms with van der Waals surface area (Å²) in [5, 5.41) is 8.93. The summed E-state index contributed by atoms with van der Waals surface area (Å²) in [5.41, 5.74) is 5.38. The van der Waals surface area contributed by atoms with E-state index in [-0.39, 0.29) is 13.0 Å². The molecular formula is C51H100NO9P. The van der Waals surface area contributed by atoms with E-state index in [0.717, 1.165) is 38.5 Å². The smallest absolute Gasteiger partial charge is 0.472 e. The maximum atomic E-state index is 12.7. The molecule has 0 fully saturated rings. The van der Waals surface area contributed by atoms with Crippen LogP contribution in [-0.2, 0) is 32.7 Å². The number of phosphoric ester groups is 1. The van der Waals surface area contributed by atoms with Crippen molar-refractivity contribution in [2.75, 3.05) is 26.4 Å². The minimum absolute atomic E-state index is 0.0210. The summed E-state index contributed by atoms with van der Waals surface area (Å²) in [4.78, 5) is 33.7. The summed E-state index contributed by atoms with van der Waals surface area (Å²) in [6.45, 7) is 3.93. The molecule has 0 aliphatic carbocycles. The summed E-state index contributed by atoms with van der Waals surface area (Å²) >= 11 is 0. The molecule has 0 aromatic heterocycles. The summed E-state index contributed by atoms with van der Waals surface area (Å²) in [6.07, 6.45) is 52.7. The fourth-order valence-electron chi connectivity index (χ4n) is 7.72. The quantitative estimate of drug-likeness (QED) is 0.0233. The summed E-state index contributed by atoms with van der Waals surface area (Å²) in [7, 11) is -4.62. The van der Waals surface area contributed by atoms with E-state index in [4.69, 9.17) is 29.4 Å². The Kier molecular flexibility index (Phi) is 46.7. The lowest BCUT2D eigenvalue weighted by Crippen LogP contribution is -2.34. The van der Waals surface area contributed by atoms with Gasteiger partial charge < -0.3 is 25.2 Å². The molecule has 0 aromatic rings. The fraction of sp³-hybridized carbons (Fsp3) is 0.922. The lowest BCUT2D eigenvalue weighted by atomic mass is 10.0. The number of aliphatic carboxylic acids is 1. The van der Waals surface area contributed by atoms with Gasteiger partial charge in [-0.25, -0.2) is 4.57 Å². The second kappa shape index (κ2) is 47.7. The summed E-state index contributed by atoms with van der Waals surface area (Å²) in [6, 6.07) is -1.47. The lowest BCUT2D eigenvalue weighted by molar-refractivity contribution is -0.154. The van der Waals surface area contributed by atoms with Gasteiger partial charge in [0.1, 0.15) is 12.1 Å². The van der Waals surface area contributed by atoms with Crippen molar-refractivity contribution in [2.24, 2.45) is 5.73 Å². The van der Waals surface area contributed by atoms with Crippen molar-refractivity contribution >= 4 is 19.8 Å². The van der Waals surface area contributed by atoms with Crippen LogP contribution in [0.3, 0.4) is 0 Å². The molecule has 4 N–H and O–H groups in total.